The highest BCUT2D eigenvalue weighted by molar-refractivity contribution is 6.25. The van der Waals surface area contributed by atoms with Gasteiger partial charge in [0.2, 0.25) is 0 Å². The standard InChI is InChI=1S/C6H9Cl/c1-5(4-7)6-2-3-6/h4,6H,2-3H2,1H3/b5-4-. The van der Waals surface area contributed by atoms with Crippen molar-refractivity contribution in [2.24, 2.45) is 5.92 Å². The summed E-state index contributed by atoms with van der Waals surface area (Å²) >= 11 is 5.42. The molecule has 1 aliphatic carbocycles. The quantitative estimate of drug-likeness (QED) is 0.494. The van der Waals surface area contributed by atoms with Crippen LogP contribution in [0.5, 0.6) is 0 Å². The van der Waals surface area contributed by atoms with E-state index < -0.39 is 0 Å². The maximum atomic E-state index is 5.42. The molecule has 0 N–H and O–H groups in total. The van der Waals surface area contributed by atoms with Crippen molar-refractivity contribution in [1.82, 2.24) is 0 Å². The molecule has 0 aromatic carbocycles. The van der Waals surface area contributed by atoms with Crippen molar-refractivity contribution >= 4 is 11.6 Å². The van der Waals surface area contributed by atoms with Crippen molar-refractivity contribution in [3.63, 3.8) is 0 Å². The van der Waals surface area contributed by atoms with Crippen LogP contribution in [0, 0.1) is 5.92 Å². The maximum absolute atomic E-state index is 5.42. The van der Waals surface area contributed by atoms with Gasteiger partial charge in [-0.25, -0.2) is 0 Å². The molecule has 0 unspecified atom stereocenters. The Morgan fingerprint density at radius 2 is 2.29 bits per heavy atom. The van der Waals surface area contributed by atoms with Gasteiger partial charge in [-0.05, 0) is 25.7 Å². The molecule has 1 rings (SSSR count). The van der Waals surface area contributed by atoms with Crippen molar-refractivity contribution in [2.75, 3.05) is 0 Å². The van der Waals surface area contributed by atoms with Crippen molar-refractivity contribution in [3.05, 3.63) is 11.1 Å². The smallest absolute Gasteiger partial charge is 0.00344 e. The summed E-state index contributed by atoms with van der Waals surface area (Å²) in [6.45, 7) is 2.09. The van der Waals surface area contributed by atoms with Crippen LogP contribution < -0.4 is 0 Å². The highest BCUT2D eigenvalue weighted by atomic mass is 35.5. The number of rotatable bonds is 1. The topological polar surface area (TPSA) is 0 Å². The van der Waals surface area contributed by atoms with E-state index in [1.807, 2.05) is 0 Å². The lowest BCUT2D eigenvalue weighted by Gasteiger charge is -1.87. The second-order valence-corrected chi connectivity index (χ2v) is 2.35. The van der Waals surface area contributed by atoms with E-state index in [4.69, 9.17) is 11.6 Å². The van der Waals surface area contributed by atoms with Crippen LogP contribution in [0.4, 0.5) is 0 Å². The zero-order chi connectivity index (χ0) is 5.28. The Kier molecular flexibility index (Phi) is 1.38. The van der Waals surface area contributed by atoms with Gasteiger partial charge >= 0.3 is 0 Å². The van der Waals surface area contributed by atoms with Crippen LogP contribution >= 0.6 is 11.6 Å². The summed E-state index contributed by atoms with van der Waals surface area (Å²) in [5.41, 5.74) is 3.04. The van der Waals surface area contributed by atoms with E-state index in [1.165, 1.54) is 18.4 Å². The van der Waals surface area contributed by atoms with Gasteiger partial charge in [0.15, 0.2) is 0 Å². The Morgan fingerprint density at radius 1 is 1.71 bits per heavy atom. The molecule has 0 heterocycles. The summed E-state index contributed by atoms with van der Waals surface area (Å²) in [5.74, 6) is 0.845. The molecule has 0 amide bonds. The molecule has 1 saturated carbocycles. The monoisotopic (exact) mass is 116 g/mol. The van der Waals surface area contributed by atoms with Crippen LogP contribution in [-0.2, 0) is 0 Å². The van der Waals surface area contributed by atoms with Crippen LogP contribution in [0.1, 0.15) is 19.8 Å². The Hall–Kier alpha value is 0.0300. The second-order valence-electron chi connectivity index (χ2n) is 2.13. The van der Waals surface area contributed by atoms with Gasteiger partial charge in [0, 0.05) is 5.54 Å². The molecule has 0 atom stereocenters. The zero-order valence-electron chi connectivity index (χ0n) is 4.45. The lowest BCUT2D eigenvalue weighted by atomic mass is 10.2. The summed E-state index contributed by atoms with van der Waals surface area (Å²) in [7, 11) is 0. The molecule has 0 radical (unpaired) electrons. The van der Waals surface area contributed by atoms with Gasteiger partial charge in [0.25, 0.3) is 0 Å². The largest absolute Gasteiger partial charge is 0.0930 e. The molecule has 40 valence electrons. The number of hydrogen-bond acceptors (Lipinski definition) is 0. The second kappa shape index (κ2) is 1.87. The van der Waals surface area contributed by atoms with Crippen molar-refractivity contribution in [2.45, 2.75) is 19.8 Å². The van der Waals surface area contributed by atoms with E-state index >= 15 is 0 Å². The molecule has 0 aliphatic heterocycles. The van der Waals surface area contributed by atoms with E-state index in [9.17, 15) is 0 Å². The Morgan fingerprint density at radius 3 is 2.43 bits per heavy atom. The number of hydrogen-bond donors (Lipinski definition) is 0. The van der Waals surface area contributed by atoms with Gasteiger partial charge in [-0.15, -0.1) is 0 Å². The molecule has 0 aromatic heterocycles. The molecule has 1 heteroatoms. The summed E-state index contributed by atoms with van der Waals surface area (Å²) in [6.07, 6.45) is 2.71. The van der Waals surface area contributed by atoms with Gasteiger partial charge < -0.3 is 0 Å². The molecule has 0 bridgehead atoms. The number of allylic oxidation sites excluding steroid dienone is 1. The van der Waals surface area contributed by atoms with Crippen LogP contribution in [0.15, 0.2) is 11.1 Å². The molecule has 1 aliphatic rings. The Bertz CT molecular complexity index is 90.4. The van der Waals surface area contributed by atoms with Crippen LogP contribution in [-0.4, -0.2) is 0 Å². The fraction of sp³-hybridized carbons (Fsp3) is 0.667. The lowest BCUT2D eigenvalue weighted by Crippen LogP contribution is -1.71. The number of halogens is 1. The van der Waals surface area contributed by atoms with E-state index in [0.717, 1.165) is 5.92 Å². The predicted octanol–water partition coefficient (Wildman–Crippen LogP) is 2.54. The van der Waals surface area contributed by atoms with Gasteiger partial charge in [0.1, 0.15) is 0 Å². The van der Waals surface area contributed by atoms with E-state index in [1.54, 1.807) is 5.54 Å². The first-order valence-electron chi connectivity index (χ1n) is 2.61. The normalized spacial score (nSPS) is 22.9. The highest BCUT2D eigenvalue weighted by Crippen LogP contribution is 2.36. The minimum atomic E-state index is 0.845. The molecule has 7 heavy (non-hydrogen) atoms. The fourth-order valence-electron chi connectivity index (χ4n) is 0.628. The fourth-order valence-corrected chi connectivity index (χ4v) is 0.806. The minimum absolute atomic E-state index is 0.845. The summed E-state index contributed by atoms with van der Waals surface area (Å²) < 4.78 is 0. The SMILES string of the molecule is C/C(=C/Cl)C1CC1. The molecule has 0 nitrogen and oxygen atoms in total. The zero-order valence-corrected chi connectivity index (χ0v) is 5.20. The van der Waals surface area contributed by atoms with E-state index in [0.29, 0.717) is 0 Å². The van der Waals surface area contributed by atoms with Gasteiger partial charge in [-0.1, -0.05) is 17.2 Å². The molecular formula is C6H9Cl. The predicted molar refractivity (Wildman–Crippen MR) is 32.3 cm³/mol. The summed E-state index contributed by atoms with van der Waals surface area (Å²) in [5, 5.41) is 0. The highest BCUT2D eigenvalue weighted by Gasteiger charge is 2.22. The maximum Gasteiger partial charge on any atom is 0.00344 e. The minimum Gasteiger partial charge on any atom is -0.0930 e. The van der Waals surface area contributed by atoms with E-state index in [2.05, 4.69) is 6.92 Å². The average Bonchev–Trinajstić information content (AvgIpc) is 2.44. The van der Waals surface area contributed by atoms with Gasteiger partial charge in [-0.2, -0.15) is 0 Å². The van der Waals surface area contributed by atoms with Crippen LogP contribution in [0.25, 0.3) is 0 Å². The summed E-state index contributed by atoms with van der Waals surface area (Å²) in [4.78, 5) is 0. The van der Waals surface area contributed by atoms with E-state index in [-0.39, 0.29) is 0 Å². The first-order valence-corrected chi connectivity index (χ1v) is 3.05. The van der Waals surface area contributed by atoms with Crippen molar-refractivity contribution in [3.8, 4) is 0 Å². The first-order chi connectivity index (χ1) is 3.34. The Balaban J connectivity index is 2.37. The third-order valence-corrected chi connectivity index (χ3v) is 1.74. The van der Waals surface area contributed by atoms with Gasteiger partial charge in [-0.3, -0.25) is 0 Å². The summed E-state index contributed by atoms with van der Waals surface area (Å²) in [6, 6.07) is 0. The van der Waals surface area contributed by atoms with Crippen molar-refractivity contribution < 1.29 is 0 Å². The van der Waals surface area contributed by atoms with Crippen LogP contribution in [0.3, 0.4) is 0 Å². The average molecular weight is 117 g/mol. The third-order valence-electron chi connectivity index (χ3n) is 1.39. The molecule has 0 spiro atoms. The molecule has 0 aromatic rings. The first kappa shape index (κ1) is 5.17. The molecule has 1 fully saturated rings. The third kappa shape index (κ3) is 1.20. The molecule has 0 saturated heterocycles. The van der Waals surface area contributed by atoms with Crippen molar-refractivity contribution in [1.29, 1.82) is 0 Å². The lowest BCUT2D eigenvalue weighted by molar-refractivity contribution is 1.01. The Labute approximate surface area is 49.2 Å². The molecular weight excluding hydrogens is 108 g/mol. The van der Waals surface area contributed by atoms with Gasteiger partial charge in [0.05, 0.1) is 0 Å². The van der Waals surface area contributed by atoms with Crippen LogP contribution in [0.2, 0.25) is 0 Å².